The first-order chi connectivity index (χ1) is 12.6. The number of amides is 1. The lowest BCUT2D eigenvalue weighted by Crippen LogP contribution is -2.24. The molecule has 2 aromatic rings. The molecule has 1 amide bonds. The number of halogens is 1. The maximum atomic E-state index is 12.4. The zero-order chi connectivity index (χ0) is 20.2. The summed E-state index contributed by atoms with van der Waals surface area (Å²) in [4.78, 5) is 12.4. The molecule has 0 heterocycles. The van der Waals surface area contributed by atoms with Crippen LogP contribution in [0.25, 0.3) is 0 Å². The molecule has 0 spiro atoms. The van der Waals surface area contributed by atoms with Gasteiger partial charge in [-0.1, -0.05) is 17.7 Å². The summed E-state index contributed by atoms with van der Waals surface area (Å²) < 4.78 is 31.1. The number of hydrogen-bond acceptors (Lipinski definition) is 5. The van der Waals surface area contributed by atoms with Gasteiger partial charge in [-0.2, -0.15) is 0 Å². The predicted octanol–water partition coefficient (Wildman–Crippen LogP) is 2.96. The smallest absolute Gasteiger partial charge is 0.243 e. The lowest BCUT2D eigenvalue weighted by atomic mass is 10.2. The van der Waals surface area contributed by atoms with Crippen molar-refractivity contribution >= 4 is 38.9 Å². The van der Waals surface area contributed by atoms with Crippen LogP contribution in [0.4, 0.5) is 11.4 Å². The minimum atomic E-state index is -3.57. The number of benzene rings is 2. The van der Waals surface area contributed by atoms with Crippen LogP contribution in [0, 0.1) is 6.92 Å². The SMILES string of the molecule is COc1ccc(Cl)cc1NC(=O)CNc1ccc(C)c(S(=O)(=O)N(C)C)c1. The molecular formula is C18H22ClN3O4S. The summed E-state index contributed by atoms with van der Waals surface area (Å²) in [5.74, 6) is 0.163. The third-order valence-electron chi connectivity index (χ3n) is 3.84. The number of anilines is 2. The van der Waals surface area contributed by atoms with E-state index in [0.29, 0.717) is 27.7 Å². The molecule has 0 radical (unpaired) electrons. The van der Waals surface area contributed by atoms with Gasteiger partial charge in [0.2, 0.25) is 15.9 Å². The highest BCUT2D eigenvalue weighted by molar-refractivity contribution is 7.89. The van der Waals surface area contributed by atoms with Gasteiger partial charge in [-0.3, -0.25) is 4.79 Å². The van der Waals surface area contributed by atoms with Gasteiger partial charge in [0.25, 0.3) is 0 Å². The number of ether oxygens (including phenoxy) is 1. The summed E-state index contributed by atoms with van der Waals surface area (Å²) in [6, 6.07) is 9.83. The highest BCUT2D eigenvalue weighted by atomic mass is 35.5. The van der Waals surface area contributed by atoms with Crippen molar-refractivity contribution < 1.29 is 17.9 Å². The predicted molar refractivity (Wildman–Crippen MR) is 107 cm³/mol. The fourth-order valence-electron chi connectivity index (χ4n) is 2.34. The Balaban J connectivity index is 2.11. The lowest BCUT2D eigenvalue weighted by molar-refractivity contribution is -0.114. The molecule has 0 aliphatic heterocycles. The Morgan fingerprint density at radius 1 is 1.19 bits per heavy atom. The summed E-state index contributed by atoms with van der Waals surface area (Å²) in [6.45, 7) is 1.67. The molecule has 0 aliphatic carbocycles. The Hall–Kier alpha value is -2.29. The van der Waals surface area contributed by atoms with Crippen LogP contribution in [0.15, 0.2) is 41.3 Å². The highest BCUT2D eigenvalue weighted by Crippen LogP contribution is 2.27. The summed E-state index contributed by atoms with van der Waals surface area (Å²) in [6.07, 6.45) is 0. The number of nitrogens with one attached hydrogen (secondary N) is 2. The zero-order valence-corrected chi connectivity index (χ0v) is 17.1. The first-order valence-electron chi connectivity index (χ1n) is 8.05. The second-order valence-electron chi connectivity index (χ2n) is 6.01. The van der Waals surface area contributed by atoms with Gasteiger partial charge >= 0.3 is 0 Å². The van der Waals surface area contributed by atoms with Crippen LogP contribution in [0.1, 0.15) is 5.56 Å². The van der Waals surface area contributed by atoms with Gasteiger partial charge < -0.3 is 15.4 Å². The lowest BCUT2D eigenvalue weighted by Gasteiger charge is -2.15. The number of methoxy groups -OCH3 is 1. The van der Waals surface area contributed by atoms with Crippen molar-refractivity contribution in [1.29, 1.82) is 0 Å². The minimum Gasteiger partial charge on any atom is -0.495 e. The van der Waals surface area contributed by atoms with E-state index in [9.17, 15) is 13.2 Å². The van der Waals surface area contributed by atoms with Crippen molar-refractivity contribution in [2.24, 2.45) is 0 Å². The topological polar surface area (TPSA) is 87.7 Å². The van der Waals surface area contributed by atoms with E-state index in [1.165, 1.54) is 27.3 Å². The fraction of sp³-hybridized carbons (Fsp3) is 0.278. The van der Waals surface area contributed by atoms with Gasteiger partial charge in [0.15, 0.2) is 0 Å². The fourth-order valence-corrected chi connectivity index (χ4v) is 3.66. The van der Waals surface area contributed by atoms with Crippen molar-refractivity contribution in [3.8, 4) is 5.75 Å². The van der Waals surface area contributed by atoms with E-state index in [2.05, 4.69) is 10.6 Å². The zero-order valence-electron chi connectivity index (χ0n) is 15.5. The molecule has 0 aromatic heterocycles. The largest absolute Gasteiger partial charge is 0.495 e. The van der Waals surface area contributed by atoms with E-state index in [4.69, 9.17) is 16.3 Å². The van der Waals surface area contributed by atoms with E-state index in [0.717, 1.165) is 4.31 Å². The van der Waals surface area contributed by atoms with Crippen LogP contribution in [0.2, 0.25) is 5.02 Å². The summed E-state index contributed by atoms with van der Waals surface area (Å²) in [5, 5.41) is 6.10. The summed E-state index contributed by atoms with van der Waals surface area (Å²) >= 11 is 5.95. The highest BCUT2D eigenvalue weighted by Gasteiger charge is 2.20. The Kier molecular flexibility index (Phi) is 6.69. The molecular weight excluding hydrogens is 390 g/mol. The number of hydrogen-bond donors (Lipinski definition) is 2. The number of sulfonamides is 1. The average Bonchev–Trinajstić information content (AvgIpc) is 2.61. The molecule has 0 saturated carbocycles. The quantitative estimate of drug-likeness (QED) is 0.731. The van der Waals surface area contributed by atoms with Crippen LogP contribution in [0.5, 0.6) is 5.75 Å². The molecule has 0 atom stereocenters. The van der Waals surface area contributed by atoms with Crippen LogP contribution >= 0.6 is 11.6 Å². The van der Waals surface area contributed by atoms with Gasteiger partial charge in [0.1, 0.15) is 5.75 Å². The van der Waals surface area contributed by atoms with Crippen molar-refractivity contribution in [3.63, 3.8) is 0 Å². The molecule has 0 saturated heterocycles. The van der Waals surface area contributed by atoms with Crippen LogP contribution in [-0.4, -0.2) is 46.4 Å². The van der Waals surface area contributed by atoms with Crippen molar-refractivity contribution in [2.75, 3.05) is 38.4 Å². The second kappa shape index (κ2) is 8.60. The summed E-state index contributed by atoms with van der Waals surface area (Å²) in [7, 11) is 0.873. The Morgan fingerprint density at radius 2 is 1.89 bits per heavy atom. The second-order valence-corrected chi connectivity index (χ2v) is 8.57. The van der Waals surface area contributed by atoms with E-state index in [-0.39, 0.29) is 17.3 Å². The Morgan fingerprint density at radius 3 is 2.52 bits per heavy atom. The van der Waals surface area contributed by atoms with Gasteiger partial charge in [-0.25, -0.2) is 12.7 Å². The first-order valence-corrected chi connectivity index (χ1v) is 9.87. The Labute approximate surface area is 164 Å². The van der Waals surface area contributed by atoms with Crippen molar-refractivity contribution in [3.05, 3.63) is 47.0 Å². The number of rotatable bonds is 7. The van der Waals surface area contributed by atoms with E-state index < -0.39 is 10.0 Å². The minimum absolute atomic E-state index is 0.0554. The molecule has 2 rings (SSSR count). The third-order valence-corrected chi connectivity index (χ3v) is 6.03. The number of nitrogens with zero attached hydrogens (tertiary/aromatic N) is 1. The van der Waals surface area contributed by atoms with Crippen molar-refractivity contribution in [1.82, 2.24) is 4.31 Å². The monoisotopic (exact) mass is 411 g/mol. The van der Waals surface area contributed by atoms with E-state index in [1.807, 2.05) is 0 Å². The summed E-state index contributed by atoms with van der Waals surface area (Å²) in [5.41, 5.74) is 1.60. The van der Waals surface area contributed by atoms with Gasteiger partial charge in [-0.15, -0.1) is 0 Å². The molecule has 2 N–H and O–H groups in total. The number of carbonyl (C=O) groups is 1. The Bertz CT molecular complexity index is 946. The van der Waals surface area contributed by atoms with Gasteiger partial charge in [0.05, 0.1) is 24.2 Å². The standard InChI is InChI=1S/C18H22ClN3O4S/c1-12-5-7-14(10-17(12)27(24,25)22(2)3)20-11-18(23)21-15-9-13(19)6-8-16(15)26-4/h5-10,20H,11H2,1-4H3,(H,21,23). The molecule has 146 valence electrons. The van der Waals surface area contributed by atoms with E-state index in [1.54, 1.807) is 37.3 Å². The van der Waals surface area contributed by atoms with Crippen molar-refractivity contribution in [2.45, 2.75) is 11.8 Å². The number of carbonyl (C=O) groups excluding carboxylic acids is 1. The molecule has 27 heavy (non-hydrogen) atoms. The maximum Gasteiger partial charge on any atom is 0.243 e. The molecule has 0 aliphatic rings. The molecule has 7 nitrogen and oxygen atoms in total. The third kappa shape index (κ3) is 5.12. The normalized spacial score (nSPS) is 11.3. The molecule has 0 unspecified atom stereocenters. The van der Waals surface area contributed by atoms with E-state index >= 15 is 0 Å². The van der Waals surface area contributed by atoms with Gasteiger partial charge in [0, 0.05) is 24.8 Å². The van der Waals surface area contributed by atoms with Crippen LogP contribution in [-0.2, 0) is 14.8 Å². The molecule has 9 heteroatoms. The molecule has 0 fully saturated rings. The molecule has 2 aromatic carbocycles. The van der Waals surface area contributed by atoms with Crippen LogP contribution in [0.3, 0.4) is 0 Å². The molecule has 0 bridgehead atoms. The van der Waals surface area contributed by atoms with Gasteiger partial charge in [-0.05, 0) is 42.8 Å². The number of aryl methyl sites for hydroxylation is 1. The first kappa shape index (κ1) is 21.0. The van der Waals surface area contributed by atoms with Crippen LogP contribution < -0.4 is 15.4 Å². The average molecular weight is 412 g/mol. The maximum absolute atomic E-state index is 12.4.